The number of methoxy groups -OCH3 is 1. The van der Waals surface area contributed by atoms with Crippen molar-refractivity contribution < 1.29 is 9.15 Å². The molecule has 4 rings (SSSR count). The number of rotatable bonds is 8. The number of aryl methyl sites for hydroxylation is 1. The molecule has 170 valence electrons. The lowest BCUT2D eigenvalue weighted by Crippen LogP contribution is -2.26. The van der Waals surface area contributed by atoms with Crippen LogP contribution in [0.2, 0.25) is 0 Å². The molecule has 1 aromatic carbocycles. The Hall–Kier alpha value is -3.71. The summed E-state index contributed by atoms with van der Waals surface area (Å²) in [6, 6.07) is 11.6. The lowest BCUT2D eigenvalue weighted by atomic mass is 10.1. The number of ether oxygens (including phenoxy) is 1. The molecule has 33 heavy (non-hydrogen) atoms. The molecule has 0 N–H and O–H groups in total. The summed E-state index contributed by atoms with van der Waals surface area (Å²) in [7, 11) is 5.63. The van der Waals surface area contributed by atoms with Gasteiger partial charge in [0.2, 0.25) is 0 Å². The third kappa shape index (κ3) is 5.21. The zero-order valence-electron chi connectivity index (χ0n) is 19.4. The van der Waals surface area contributed by atoms with Crippen LogP contribution in [0.4, 0.5) is 0 Å². The highest BCUT2D eigenvalue weighted by Gasteiger charge is 2.13. The van der Waals surface area contributed by atoms with Gasteiger partial charge in [-0.05, 0) is 62.5 Å². The van der Waals surface area contributed by atoms with E-state index in [0.717, 1.165) is 34.5 Å². The average Bonchev–Trinajstić information content (AvgIpc) is 3.28. The van der Waals surface area contributed by atoms with Crippen LogP contribution in [-0.4, -0.2) is 47.2 Å². The van der Waals surface area contributed by atoms with Gasteiger partial charge in [-0.3, -0.25) is 9.78 Å². The number of pyridine rings is 2. The predicted molar refractivity (Wildman–Crippen MR) is 129 cm³/mol. The van der Waals surface area contributed by atoms with E-state index in [2.05, 4.69) is 21.8 Å². The van der Waals surface area contributed by atoms with Crippen molar-refractivity contribution in [3.8, 4) is 28.2 Å². The third-order valence-electron chi connectivity index (χ3n) is 5.59. The second-order valence-corrected chi connectivity index (χ2v) is 8.27. The number of hydrogen-bond donors (Lipinski definition) is 0. The number of hydrogen-bond acceptors (Lipinski definition) is 6. The van der Waals surface area contributed by atoms with Crippen molar-refractivity contribution in [1.82, 2.24) is 19.4 Å². The largest absolute Gasteiger partial charge is 0.497 e. The maximum Gasteiger partial charge on any atom is 0.258 e. The van der Waals surface area contributed by atoms with Crippen LogP contribution in [0.3, 0.4) is 0 Å². The van der Waals surface area contributed by atoms with E-state index in [1.807, 2.05) is 56.7 Å². The molecule has 0 bridgehead atoms. The van der Waals surface area contributed by atoms with Gasteiger partial charge >= 0.3 is 0 Å². The van der Waals surface area contributed by atoms with Crippen LogP contribution in [0.15, 0.2) is 70.4 Å². The number of aromatic nitrogens is 3. The first-order valence-corrected chi connectivity index (χ1v) is 10.8. The minimum Gasteiger partial charge on any atom is -0.497 e. The fraction of sp³-hybridized carbons (Fsp3) is 0.269. The topological polar surface area (TPSA) is 73.4 Å². The molecule has 3 aromatic heterocycles. The summed E-state index contributed by atoms with van der Waals surface area (Å²) in [6.07, 6.45) is 7.50. The van der Waals surface area contributed by atoms with E-state index in [9.17, 15) is 4.79 Å². The van der Waals surface area contributed by atoms with E-state index in [-0.39, 0.29) is 5.56 Å². The number of nitrogens with zero attached hydrogens (tertiary/aromatic N) is 4. The van der Waals surface area contributed by atoms with Gasteiger partial charge in [0.25, 0.3) is 5.56 Å². The summed E-state index contributed by atoms with van der Waals surface area (Å²) >= 11 is 0. The molecule has 0 aliphatic rings. The molecule has 0 aliphatic heterocycles. The van der Waals surface area contributed by atoms with Gasteiger partial charge in [-0.1, -0.05) is 6.07 Å². The van der Waals surface area contributed by atoms with Gasteiger partial charge in [0.1, 0.15) is 5.75 Å². The Bertz CT molecular complexity index is 1310. The molecular formula is C26H28N4O3. The Morgan fingerprint density at radius 1 is 1.09 bits per heavy atom. The van der Waals surface area contributed by atoms with Crippen molar-refractivity contribution in [2.24, 2.45) is 0 Å². The Kier molecular flexibility index (Phi) is 6.70. The van der Waals surface area contributed by atoms with Gasteiger partial charge in [-0.2, -0.15) is 0 Å². The highest BCUT2D eigenvalue weighted by atomic mass is 16.5. The van der Waals surface area contributed by atoms with Crippen LogP contribution in [-0.2, 0) is 13.0 Å². The Morgan fingerprint density at radius 3 is 2.70 bits per heavy atom. The molecule has 0 radical (unpaired) electrons. The molecule has 4 aromatic rings. The van der Waals surface area contributed by atoms with E-state index < -0.39 is 0 Å². The number of benzene rings is 1. The lowest BCUT2D eigenvalue weighted by molar-refractivity contribution is 0.381. The zero-order chi connectivity index (χ0) is 23.4. The van der Waals surface area contributed by atoms with Gasteiger partial charge in [-0.15, -0.1) is 0 Å². The maximum absolute atomic E-state index is 13.0. The molecule has 0 unspecified atom stereocenters. The third-order valence-corrected chi connectivity index (χ3v) is 5.59. The standard InChI is InChI=1S/C26H28N4O3/c1-18-7-8-22(32-4)13-19(18)14-25-28-17-24(33-25)21-12-20(15-27-16-21)23-6-5-9-30(26(23)31)11-10-29(2)3/h5-9,12-13,15-17H,10-11,14H2,1-4H3. The van der Waals surface area contributed by atoms with Crippen molar-refractivity contribution in [2.75, 3.05) is 27.7 Å². The van der Waals surface area contributed by atoms with Crippen molar-refractivity contribution in [2.45, 2.75) is 19.9 Å². The molecule has 0 amide bonds. The molecule has 7 nitrogen and oxygen atoms in total. The van der Waals surface area contributed by atoms with Gasteiger partial charge in [-0.25, -0.2) is 4.98 Å². The van der Waals surface area contributed by atoms with Crippen LogP contribution in [0.25, 0.3) is 22.5 Å². The van der Waals surface area contributed by atoms with Crippen LogP contribution in [0.1, 0.15) is 17.0 Å². The summed E-state index contributed by atoms with van der Waals surface area (Å²) in [5.74, 6) is 2.03. The van der Waals surface area contributed by atoms with E-state index in [1.165, 1.54) is 0 Å². The molecule has 0 fully saturated rings. The summed E-state index contributed by atoms with van der Waals surface area (Å²) in [5.41, 5.74) is 4.34. The second kappa shape index (κ2) is 9.83. The summed E-state index contributed by atoms with van der Waals surface area (Å²) in [4.78, 5) is 23.8. The minimum atomic E-state index is -0.0370. The first-order chi connectivity index (χ1) is 15.9. The second-order valence-electron chi connectivity index (χ2n) is 8.27. The van der Waals surface area contributed by atoms with Crippen LogP contribution in [0, 0.1) is 6.92 Å². The average molecular weight is 445 g/mol. The zero-order valence-corrected chi connectivity index (χ0v) is 19.4. The molecule has 0 saturated carbocycles. The SMILES string of the molecule is COc1ccc(C)c(Cc2ncc(-c3cncc(-c4cccn(CCN(C)C)c4=O)c3)o2)c1. The summed E-state index contributed by atoms with van der Waals surface area (Å²) in [5, 5.41) is 0. The van der Waals surface area contributed by atoms with Crippen LogP contribution < -0.4 is 10.3 Å². The molecule has 3 heterocycles. The highest BCUT2D eigenvalue weighted by Crippen LogP contribution is 2.26. The van der Waals surface area contributed by atoms with Crippen molar-refractivity contribution in [3.63, 3.8) is 0 Å². The van der Waals surface area contributed by atoms with Crippen molar-refractivity contribution in [3.05, 3.63) is 88.6 Å². The smallest absolute Gasteiger partial charge is 0.258 e. The molecule has 0 spiro atoms. The van der Waals surface area contributed by atoms with Crippen molar-refractivity contribution >= 4 is 0 Å². The number of likely N-dealkylation sites (N-methyl/N-ethyl adjacent to an activating group) is 1. The van der Waals surface area contributed by atoms with Crippen molar-refractivity contribution in [1.29, 1.82) is 0 Å². The van der Waals surface area contributed by atoms with Gasteiger partial charge in [0.15, 0.2) is 11.7 Å². The maximum atomic E-state index is 13.0. The van der Waals surface area contributed by atoms with E-state index in [1.54, 1.807) is 30.3 Å². The Labute approximate surface area is 193 Å². The predicted octanol–water partition coefficient (Wildman–Crippen LogP) is 4.03. The van der Waals surface area contributed by atoms with Gasteiger partial charge in [0, 0.05) is 54.8 Å². The molecule has 7 heteroatoms. The van der Waals surface area contributed by atoms with Gasteiger partial charge < -0.3 is 18.6 Å². The molecule has 0 saturated heterocycles. The fourth-order valence-corrected chi connectivity index (χ4v) is 3.62. The molecule has 0 atom stereocenters. The quantitative estimate of drug-likeness (QED) is 0.409. The Morgan fingerprint density at radius 2 is 1.91 bits per heavy atom. The monoisotopic (exact) mass is 444 g/mol. The van der Waals surface area contributed by atoms with Crippen LogP contribution >= 0.6 is 0 Å². The van der Waals surface area contributed by atoms with E-state index >= 15 is 0 Å². The van der Waals surface area contributed by atoms with Crippen LogP contribution in [0.5, 0.6) is 5.75 Å². The molecule has 0 aliphatic carbocycles. The van der Waals surface area contributed by atoms with Gasteiger partial charge in [0.05, 0.1) is 13.3 Å². The summed E-state index contributed by atoms with van der Waals surface area (Å²) < 4.78 is 13.1. The molecular weight excluding hydrogens is 416 g/mol. The Balaban J connectivity index is 1.59. The number of oxazole rings is 1. The lowest BCUT2D eigenvalue weighted by Gasteiger charge is -2.12. The first-order valence-electron chi connectivity index (χ1n) is 10.8. The highest BCUT2D eigenvalue weighted by molar-refractivity contribution is 5.68. The van der Waals surface area contributed by atoms with E-state index in [0.29, 0.717) is 30.2 Å². The van der Waals surface area contributed by atoms with E-state index in [4.69, 9.17) is 9.15 Å². The summed E-state index contributed by atoms with van der Waals surface area (Å²) in [6.45, 7) is 3.47. The normalized spacial score (nSPS) is 11.2. The minimum absolute atomic E-state index is 0.0370. The fourth-order valence-electron chi connectivity index (χ4n) is 3.62. The first kappa shape index (κ1) is 22.5.